The van der Waals surface area contributed by atoms with E-state index in [0.29, 0.717) is 17.6 Å². The third-order valence-corrected chi connectivity index (χ3v) is 5.62. The van der Waals surface area contributed by atoms with E-state index in [1.807, 2.05) is 19.1 Å². The standard InChI is InChI=1S/C25H30FNO4S/c1-2-32-27-25(31)11-6-4-3-5-10-21-22(24(30)17-23(21)29)15-14-20(28)13-12-18-8-7-9-19(26)16-18/h5,7-10,15-16,20-21,23,28-29H,2-4,6,11,14,17H2,1H3,(H,27,31)/b10-5+,22-15+/t20?,21-,23+/m1/s1. The molecule has 1 unspecified atom stereocenters. The maximum absolute atomic E-state index is 13.2. The van der Waals surface area contributed by atoms with Crippen LogP contribution in [0.4, 0.5) is 4.39 Å². The largest absolute Gasteiger partial charge is 0.392 e. The highest BCUT2D eigenvalue weighted by atomic mass is 32.2. The average molecular weight is 460 g/mol. The predicted molar refractivity (Wildman–Crippen MR) is 125 cm³/mol. The smallest absolute Gasteiger partial charge is 0.229 e. The number of Topliss-reactive ketones (excluding diaryl/α,β-unsaturated/α-hetero) is 1. The van der Waals surface area contributed by atoms with E-state index < -0.39 is 23.9 Å². The number of carbonyl (C=O) groups is 2. The van der Waals surface area contributed by atoms with E-state index in [4.69, 9.17) is 0 Å². The fraction of sp³-hybridized carbons (Fsp3) is 0.440. The summed E-state index contributed by atoms with van der Waals surface area (Å²) < 4.78 is 16.0. The van der Waals surface area contributed by atoms with E-state index in [1.54, 1.807) is 18.2 Å². The fourth-order valence-corrected chi connectivity index (χ4v) is 3.74. The number of amides is 1. The Hall–Kier alpha value is -2.40. The number of carbonyl (C=O) groups excluding carboxylic acids is 2. The molecule has 172 valence electrons. The Morgan fingerprint density at radius 1 is 1.41 bits per heavy atom. The van der Waals surface area contributed by atoms with Crippen LogP contribution in [-0.4, -0.2) is 39.9 Å². The van der Waals surface area contributed by atoms with Gasteiger partial charge in [0.25, 0.3) is 0 Å². The van der Waals surface area contributed by atoms with Crippen LogP contribution in [0.15, 0.2) is 48.1 Å². The second-order valence-corrected chi connectivity index (χ2v) is 8.61. The van der Waals surface area contributed by atoms with Gasteiger partial charge in [0.15, 0.2) is 5.78 Å². The first-order valence-electron chi connectivity index (χ1n) is 10.8. The summed E-state index contributed by atoms with van der Waals surface area (Å²) in [4.78, 5) is 23.8. The van der Waals surface area contributed by atoms with Crippen molar-refractivity contribution in [3.05, 3.63) is 59.4 Å². The van der Waals surface area contributed by atoms with Crippen LogP contribution in [-0.2, 0) is 9.59 Å². The molecule has 1 saturated carbocycles. The molecule has 7 heteroatoms. The van der Waals surface area contributed by atoms with Crippen LogP contribution >= 0.6 is 11.9 Å². The van der Waals surface area contributed by atoms with Gasteiger partial charge in [-0.25, -0.2) is 4.39 Å². The van der Waals surface area contributed by atoms with Gasteiger partial charge in [0.05, 0.1) is 6.10 Å². The molecule has 3 N–H and O–H groups in total. The third-order valence-electron chi connectivity index (χ3n) is 4.96. The van der Waals surface area contributed by atoms with Crippen molar-refractivity contribution in [2.45, 2.75) is 57.7 Å². The highest BCUT2D eigenvalue weighted by molar-refractivity contribution is 7.97. The third kappa shape index (κ3) is 8.99. The first-order chi connectivity index (χ1) is 15.4. The molecule has 1 aliphatic rings. The van der Waals surface area contributed by atoms with Crippen molar-refractivity contribution in [1.29, 1.82) is 0 Å². The summed E-state index contributed by atoms with van der Waals surface area (Å²) in [6, 6.07) is 5.80. The Labute approximate surface area is 193 Å². The van der Waals surface area contributed by atoms with Gasteiger partial charge < -0.3 is 14.9 Å². The molecule has 1 amide bonds. The molecule has 32 heavy (non-hydrogen) atoms. The number of rotatable bonds is 10. The summed E-state index contributed by atoms with van der Waals surface area (Å²) in [5.74, 6) is 5.29. The molecule has 5 nitrogen and oxygen atoms in total. The number of aliphatic hydroxyl groups excluding tert-OH is 2. The van der Waals surface area contributed by atoms with Crippen molar-refractivity contribution >= 4 is 23.6 Å². The normalized spacial score (nSPS) is 20.4. The van der Waals surface area contributed by atoms with Gasteiger partial charge in [-0.05, 0) is 37.5 Å². The lowest BCUT2D eigenvalue weighted by molar-refractivity contribution is -0.119. The zero-order chi connectivity index (χ0) is 23.3. The first-order valence-corrected chi connectivity index (χ1v) is 11.8. The Morgan fingerprint density at radius 2 is 2.22 bits per heavy atom. The van der Waals surface area contributed by atoms with E-state index in [-0.39, 0.29) is 24.5 Å². The molecule has 1 aliphatic carbocycles. The highest BCUT2D eigenvalue weighted by Gasteiger charge is 2.34. The summed E-state index contributed by atoms with van der Waals surface area (Å²) >= 11 is 1.39. The summed E-state index contributed by atoms with van der Waals surface area (Å²) in [5, 5.41) is 20.3. The van der Waals surface area contributed by atoms with E-state index in [1.165, 1.54) is 24.1 Å². The zero-order valence-electron chi connectivity index (χ0n) is 18.2. The van der Waals surface area contributed by atoms with E-state index in [9.17, 15) is 24.2 Å². The zero-order valence-corrected chi connectivity index (χ0v) is 19.0. The Morgan fingerprint density at radius 3 is 2.97 bits per heavy atom. The summed E-state index contributed by atoms with van der Waals surface area (Å²) in [5.41, 5.74) is 0.947. The Bertz CT molecular complexity index is 903. The summed E-state index contributed by atoms with van der Waals surface area (Å²) in [6.07, 6.45) is 6.65. The SMILES string of the molecule is CCSNC(=O)CCCC/C=C/[C@@H]1/C(=C\CC(O)C#Cc2cccc(F)c2)C(=O)C[C@@H]1O. The quantitative estimate of drug-likeness (QED) is 0.163. The van der Waals surface area contributed by atoms with Gasteiger partial charge in [0.1, 0.15) is 11.9 Å². The van der Waals surface area contributed by atoms with Gasteiger partial charge in [-0.15, -0.1) is 0 Å². The maximum Gasteiger partial charge on any atom is 0.229 e. The second kappa shape index (κ2) is 13.9. The van der Waals surface area contributed by atoms with Crippen molar-refractivity contribution in [2.24, 2.45) is 5.92 Å². The van der Waals surface area contributed by atoms with Crippen LogP contribution in [0.5, 0.6) is 0 Å². The number of ketones is 1. The minimum atomic E-state index is -1.00. The van der Waals surface area contributed by atoms with Gasteiger partial charge in [-0.3, -0.25) is 9.59 Å². The van der Waals surface area contributed by atoms with Gasteiger partial charge in [0, 0.05) is 42.1 Å². The van der Waals surface area contributed by atoms with E-state index in [0.717, 1.165) is 25.0 Å². The molecule has 0 aromatic heterocycles. The van der Waals surface area contributed by atoms with E-state index >= 15 is 0 Å². The van der Waals surface area contributed by atoms with Crippen LogP contribution in [0, 0.1) is 23.6 Å². The number of unbranched alkanes of at least 4 members (excludes halogenated alkanes) is 2. The van der Waals surface area contributed by atoms with Crippen LogP contribution < -0.4 is 4.72 Å². The Balaban J connectivity index is 1.85. The molecule has 0 bridgehead atoms. The Kier molecular flexibility index (Phi) is 11.2. The summed E-state index contributed by atoms with van der Waals surface area (Å²) in [7, 11) is 0. The average Bonchev–Trinajstić information content (AvgIpc) is 3.03. The minimum Gasteiger partial charge on any atom is -0.392 e. The number of nitrogens with one attached hydrogen (secondary N) is 1. The number of hydrogen-bond donors (Lipinski definition) is 3. The lowest BCUT2D eigenvalue weighted by Crippen LogP contribution is -2.15. The molecular weight excluding hydrogens is 429 g/mol. The van der Waals surface area contributed by atoms with Gasteiger partial charge >= 0.3 is 0 Å². The molecule has 0 spiro atoms. The minimum absolute atomic E-state index is 0.0296. The number of aliphatic hydroxyl groups is 2. The van der Waals surface area contributed by atoms with Crippen molar-refractivity contribution in [3.63, 3.8) is 0 Å². The van der Waals surface area contributed by atoms with Crippen LogP contribution in [0.3, 0.4) is 0 Å². The van der Waals surface area contributed by atoms with Crippen LogP contribution in [0.2, 0.25) is 0 Å². The lowest BCUT2D eigenvalue weighted by Gasteiger charge is -2.11. The molecule has 2 rings (SSSR count). The second-order valence-electron chi connectivity index (χ2n) is 7.54. The molecule has 0 saturated heterocycles. The van der Waals surface area contributed by atoms with E-state index in [2.05, 4.69) is 16.6 Å². The molecular formula is C25H30FNO4S. The number of halogens is 1. The monoisotopic (exact) mass is 459 g/mol. The van der Waals surface area contributed by atoms with Crippen molar-refractivity contribution in [3.8, 4) is 11.8 Å². The molecule has 0 radical (unpaired) electrons. The van der Waals surface area contributed by atoms with Gasteiger partial charge in [-0.2, -0.15) is 0 Å². The molecule has 1 aromatic rings. The molecule has 1 aromatic carbocycles. The molecule has 0 heterocycles. The van der Waals surface area contributed by atoms with Gasteiger partial charge in [-0.1, -0.05) is 55.0 Å². The highest BCUT2D eigenvalue weighted by Crippen LogP contribution is 2.30. The first kappa shape index (κ1) is 25.9. The number of benzene rings is 1. The number of hydrogen-bond acceptors (Lipinski definition) is 5. The van der Waals surface area contributed by atoms with Crippen molar-refractivity contribution in [1.82, 2.24) is 4.72 Å². The topological polar surface area (TPSA) is 86.6 Å². The van der Waals surface area contributed by atoms with Crippen molar-refractivity contribution < 1.29 is 24.2 Å². The predicted octanol–water partition coefficient (Wildman–Crippen LogP) is 3.71. The van der Waals surface area contributed by atoms with Crippen LogP contribution in [0.1, 0.15) is 51.0 Å². The lowest BCUT2D eigenvalue weighted by atomic mass is 9.97. The molecule has 0 aliphatic heterocycles. The fourth-order valence-electron chi connectivity index (χ4n) is 3.33. The van der Waals surface area contributed by atoms with Crippen molar-refractivity contribution in [2.75, 3.05) is 5.75 Å². The number of allylic oxidation sites excluding steroid dienone is 1. The molecule has 1 fully saturated rings. The summed E-state index contributed by atoms with van der Waals surface area (Å²) in [6.45, 7) is 1.97. The molecule has 3 atom stereocenters. The van der Waals surface area contributed by atoms with Crippen LogP contribution in [0.25, 0.3) is 0 Å². The maximum atomic E-state index is 13.2. The van der Waals surface area contributed by atoms with Gasteiger partial charge in [0.2, 0.25) is 5.91 Å².